The first-order valence-electron chi connectivity index (χ1n) is 34.2. The average molecular weight is 1670 g/mol. The van der Waals surface area contributed by atoms with Crippen LogP contribution in [0.4, 0.5) is 17.6 Å². The van der Waals surface area contributed by atoms with Gasteiger partial charge in [-0.15, -0.1) is 34.0 Å². The van der Waals surface area contributed by atoms with Crippen molar-refractivity contribution in [2.24, 2.45) is 17.8 Å². The van der Waals surface area contributed by atoms with Crippen LogP contribution in [-0.4, -0.2) is 110 Å². The molecule has 0 N–H and O–H groups in total. The van der Waals surface area contributed by atoms with E-state index in [1.165, 1.54) is 52.0 Å². The molecule has 2 amide bonds. The second-order valence-electron chi connectivity index (χ2n) is 29.1. The number of halogens is 9. The van der Waals surface area contributed by atoms with Gasteiger partial charge in [-0.25, -0.2) is 17.6 Å². The number of hydrogen-bond acceptors (Lipinski definition) is 9. The van der Waals surface area contributed by atoms with Gasteiger partial charge in [0, 0.05) is 148 Å². The van der Waals surface area contributed by atoms with Gasteiger partial charge in [0.05, 0.1) is 47.3 Å². The van der Waals surface area contributed by atoms with Gasteiger partial charge in [-0.3, -0.25) is 9.59 Å². The summed E-state index contributed by atoms with van der Waals surface area (Å²) >= 11 is 28.2. The second kappa shape index (κ2) is 35.0. The Morgan fingerprint density at radius 1 is 0.500 bits per heavy atom. The molecular formula is C75H94B2Br3Cl2F4N5O6S3. The number of carbonyl (C=O) groups excluding carboxylic acids is 2. The fourth-order valence-electron chi connectivity index (χ4n) is 11.2. The number of nitrogens with zero attached hydrogens (tertiary/aromatic N) is 5. The molecular weight excluding hydrogens is 1570 g/mol. The molecule has 4 aliphatic rings. The molecule has 4 fully saturated rings. The Hall–Kier alpha value is -3.97. The minimum atomic E-state index is -2.69. The third-order valence-corrected chi connectivity index (χ3v) is 24.5. The number of rotatable bonds is 16. The summed E-state index contributed by atoms with van der Waals surface area (Å²) in [6.07, 6.45) is 8.72. The minimum Gasteiger partial charge on any atom is -0.399 e. The van der Waals surface area contributed by atoms with Crippen molar-refractivity contribution in [2.45, 2.75) is 196 Å². The Balaban J connectivity index is 0.000000169. The minimum absolute atomic E-state index is 0.0441. The maximum absolute atomic E-state index is 13.4. The zero-order chi connectivity index (χ0) is 73.3. The summed E-state index contributed by atoms with van der Waals surface area (Å²) in [5.74, 6) is -3.80. The number of amides is 2. The maximum Gasteiger partial charge on any atom is 0.512 e. The molecule has 0 bridgehead atoms. The summed E-state index contributed by atoms with van der Waals surface area (Å²) in [4.78, 5) is 30.7. The third-order valence-electron chi connectivity index (χ3n) is 18.9. The highest BCUT2D eigenvalue weighted by atomic mass is 79.9. The lowest BCUT2D eigenvalue weighted by atomic mass is 9.78. The Morgan fingerprint density at radius 2 is 0.900 bits per heavy atom. The Morgan fingerprint density at radius 3 is 1.31 bits per heavy atom. The van der Waals surface area contributed by atoms with Crippen LogP contribution in [0, 0.1) is 17.8 Å². The molecule has 0 spiro atoms. The van der Waals surface area contributed by atoms with Crippen molar-refractivity contribution in [1.29, 1.82) is 0 Å². The van der Waals surface area contributed by atoms with Gasteiger partial charge in [0.1, 0.15) is 0 Å². The summed E-state index contributed by atoms with van der Waals surface area (Å²) in [5, 5.41) is 7.08. The summed E-state index contributed by atoms with van der Waals surface area (Å²) in [5.41, 5.74) is 5.43. The summed E-state index contributed by atoms with van der Waals surface area (Å²) in [7, 11) is -0.877. The molecule has 0 atom stereocenters. The van der Waals surface area contributed by atoms with E-state index in [0.29, 0.717) is 38.5 Å². The Kier molecular flexibility index (Phi) is 28.6. The number of piperidine rings is 2. The number of likely N-dealkylation sites (tertiary alicyclic amines) is 2. The van der Waals surface area contributed by atoms with Crippen LogP contribution in [-0.2, 0) is 38.3 Å². The van der Waals surface area contributed by atoms with Crippen LogP contribution in [0.5, 0.6) is 0 Å². The second-order valence-corrected chi connectivity index (χ2v) is 35.9. The van der Waals surface area contributed by atoms with Gasteiger partial charge < -0.3 is 42.1 Å². The van der Waals surface area contributed by atoms with E-state index in [0.717, 1.165) is 53.2 Å². The van der Waals surface area contributed by atoms with Crippen molar-refractivity contribution in [3.8, 4) is 32.3 Å². The largest absolute Gasteiger partial charge is 0.512 e. The van der Waals surface area contributed by atoms with Crippen LogP contribution in [0.25, 0.3) is 32.3 Å². The van der Waals surface area contributed by atoms with Gasteiger partial charge in [0.15, 0.2) is 0 Å². The molecule has 542 valence electrons. The number of hydrogen-bond donors (Lipinski definition) is 0. The monoisotopic (exact) mass is 1660 g/mol. The maximum atomic E-state index is 13.4. The molecule has 10 heterocycles. The third kappa shape index (κ3) is 22.1. The first-order valence-corrected chi connectivity index (χ1v) is 39.9. The number of aryl methyl sites for hydroxylation is 3. The highest BCUT2D eigenvalue weighted by Crippen LogP contribution is 2.41. The number of benzene rings is 2. The van der Waals surface area contributed by atoms with Gasteiger partial charge in [0.2, 0.25) is 0 Å². The van der Waals surface area contributed by atoms with Crippen LogP contribution in [0.2, 0.25) is 10.0 Å². The first-order chi connectivity index (χ1) is 46.8. The molecule has 8 aromatic rings. The van der Waals surface area contributed by atoms with Crippen LogP contribution in [0.3, 0.4) is 0 Å². The van der Waals surface area contributed by atoms with Crippen molar-refractivity contribution in [3.63, 3.8) is 0 Å². The molecule has 11 nitrogen and oxygen atoms in total. The van der Waals surface area contributed by atoms with Crippen molar-refractivity contribution in [1.82, 2.24) is 23.5 Å². The predicted octanol–water partition coefficient (Wildman–Crippen LogP) is 22.1. The fourth-order valence-corrected chi connectivity index (χ4v) is 16.1. The summed E-state index contributed by atoms with van der Waals surface area (Å²) < 4.78 is 87.9. The lowest BCUT2D eigenvalue weighted by Gasteiger charge is -2.32. The van der Waals surface area contributed by atoms with Crippen molar-refractivity contribution >= 4 is 142 Å². The van der Waals surface area contributed by atoms with E-state index in [2.05, 4.69) is 209 Å². The lowest BCUT2D eigenvalue weighted by molar-refractivity contribution is -0.0503. The topological polar surface area (TPSA) is 92.3 Å². The SMILES string of the molecule is Brc1csc(Br)c1.CC(C)CCn1cccc1-c1cc(-c2ccc(C(=O)N3CCC(F)(F)CC3)cc2Cl)cs1.CC(C)CCn1cccc1-c1cc(Br)cs1.CC(C)CCn1cccc1B1OC(C)(C)C(C)(C)O1.CC1(C)OB(c2ccc(C(=O)N3CCC(F)(F)CC3)cc2Cl)OC1(C)C. The molecule has 0 radical (unpaired) electrons. The van der Waals surface area contributed by atoms with Crippen LogP contribution in [0.15, 0.2) is 138 Å². The predicted molar refractivity (Wildman–Crippen MR) is 419 cm³/mol. The van der Waals surface area contributed by atoms with E-state index in [1.807, 2.05) is 45.2 Å². The molecule has 25 heteroatoms. The van der Waals surface area contributed by atoms with E-state index >= 15 is 0 Å². The van der Waals surface area contributed by atoms with Gasteiger partial charge >= 0.3 is 14.2 Å². The molecule has 4 saturated heterocycles. The average Bonchev–Trinajstić information content (AvgIpc) is 1.61. The zero-order valence-electron chi connectivity index (χ0n) is 59.7. The van der Waals surface area contributed by atoms with Gasteiger partial charge in [-0.2, -0.15) is 0 Å². The molecule has 4 aliphatic heterocycles. The van der Waals surface area contributed by atoms with Gasteiger partial charge in [0.25, 0.3) is 23.7 Å². The van der Waals surface area contributed by atoms with E-state index in [9.17, 15) is 27.2 Å². The Bertz CT molecular complexity index is 3930. The molecule has 12 rings (SSSR count). The number of carbonyl (C=O) groups is 2. The zero-order valence-corrected chi connectivity index (χ0v) is 68.4. The molecule has 100 heavy (non-hydrogen) atoms. The van der Waals surface area contributed by atoms with Crippen molar-refractivity contribution in [3.05, 3.63) is 160 Å². The molecule has 0 saturated carbocycles. The number of aromatic nitrogens is 3. The molecule has 2 aromatic carbocycles. The van der Waals surface area contributed by atoms with Crippen LogP contribution in [0.1, 0.15) is 163 Å². The van der Waals surface area contributed by atoms with E-state index < -0.39 is 30.2 Å². The van der Waals surface area contributed by atoms with Crippen LogP contribution >= 0.6 is 105 Å². The highest BCUT2D eigenvalue weighted by Gasteiger charge is 2.54. The summed E-state index contributed by atoms with van der Waals surface area (Å²) in [6, 6.07) is 29.1. The molecule has 6 aromatic heterocycles. The van der Waals surface area contributed by atoms with Crippen molar-refractivity contribution in [2.75, 3.05) is 26.2 Å². The number of alkyl halides is 4. The molecule has 0 aliphatic carbocycles. The first kappa shape index (κ1) is 81.7. The smallest absolute Gasteiger partial charge is 0.399 e. The Labute approximate surface area is 637 Å². The van der Waals surface area contributed by atoms with Crippen molar-refractivity contribution < 1.29 is 45.8 Å². The van der Waals surface area contributed by atoms with E-state index in [1.54, 1.807) is 64.3 Å². The summed E-state index contributed by atoms with van der Waals surface area (Å²) in [6.45, 7) is 33.0. The highest BCUT2D eigenvalue weighted by molar-refractivity contribution is 9.11. The quantitative estimate of drug-likeness (QED) is 0.0707. The van der Waals surface area contributed by atoms with E-state index in [4.69, 9.17) is 41.8 Å². The van der Waals surface area contributed by atoms with Crippen LogP contribution < -0.4 is 11.1 Å². The van der Waals surface area contributed by atoms with Gasteiger partial charge in [-0.05, 0) is 230 Å². The molecule has 0 unspecified atom stereocenters. The number of thiophene rings is 3. The standard InChI is InChI=1S/C25H27ClF2N2OS.C18H23BClF2NO3.C15H26BNO2.C13H16BrNS.C4H2Br2S/c1-17(2)7-11-29-10-3-4-22(29)23-15-19(16-32-23)20-6-5-18(14-21(20)26)24(31)30-12-8-25(27,28)9-13-30;1-16(2)17(3,4)26-19(25-16)13-6-5-12(11-14(13)20)15(24)23-9-7-18(21,22)8-10-23;1-12(2)9-11-17-10-7-8-13(17)16-18-14(3,4)15(5,6)19-16;1-10(2)5-7-15-6-3-4-12(15)13-8-11(14)9-16-13;5-3-1-4(6)7-2-3/h3-6,10,14-17H,7-9,11-13H2,1-2H3;5-6,11H,7-10H2,1-4H3;7-8,10,12H,9,11H2,1-6H3;3-4,6,8-10H,5,7H2,1-2H3;1-2H. The lowest BCUT2D eigenvalue weighted by Crippen LogP contribution is -2.43. The van der Waals surface area contributed by atoms with Gasteiger partial charge in [-0.1, -0.05) is 76.9 Å². The fraction of sp³-hybridized carbons (Fsp3) is 0.493. The normalized spacial score (nSPS) is 17.9. The van der Waals surface area contributed by atoms with E-state index in [-0.39, 0.29) is 82.0 Å².